The van der Waals surface area contributed by atoms with Crippen LogP contribution in [0.2, 0.25) is 0 Å². The minimum atomic E-state index is -0.997. The maximum Gasteiger partial charge on any atom is 0.328 e. The van der Waals surface area contributed by atoms with E-state index in [0.29, 0.717) is 18.8 Å². The van der Waals surface area contributed by atoms with Crippen LogP contribution in [0.5, 0.6) is 0 Å². The number of likely N-dealkylation sites (tertiary alicyclic amines) is 1. The Morgan fingerprint density at radius 3 is 2.71 bits per heavy atom. The van der Waals surface area contributed by atoms with Crippen molar-refractivity contribution in [2.45, 2.75) is 38.1 Å². The normalized spacial score (nSPS) is 22.2. The number of benzene rings is 1. The van der Waals surface area contributed by atoms with Gasteiger partial charge in [0.05, 0.1) is 5.69 Å². The second-order valence-corrected chi connectivity index (χ2v) is 7.15. The molecule has 28 heavy (non-hydrogen) atoms. The van der Waals surface area contributed by atoms with Crippen LogP contribution in [0.15, 0.2) is 35.4 Å². The van der Waals surface area contributed by atoms with Crippen LogP contribution in [-0.2, 0) is 9.59 Å². The number of H-pyrrole nitrogens is 1. The van der Waals surface area contributed by atoms with Gasteiger partial charge in [-0.1, -0.05) is 18.2 Å². The molecule has 0 saturated carbocycles. The summed E-state index contributed by atoms with van der Waals surface area (Å²) < 4.78 is 0. The Morgan fingerprint density at radius 1 is 1.25 bits per heavy atom. The van der Waals surface area contributed by atoms with E-state index in [1.807, 2.05) is 25.1 Å². The number of piperidine rings is 1. The molecule has 0 aliphatic carbocycles. The highest BCUT2D eigenvalue weighted by Gasteiger charge is 2.38. The number of carbonyl (C=O) groups is 2. The molecule has 4 rings (SSSR count). The van der Waals surface area contributed by atoms with Crippen LogP contribution in [-0.4, -0.2) is 61.9 Å². The SMILES string of the molecule is Cc1nc(C2CCCN(C(=O)C3=NN(c4ccccc4)C(C(=O)O)C3)C2)n[nH]1. The van der Waals surface area contributed by atoms with E-state index in [2.05, 4.69) is 20.3 Å². The number of hydrogen-bond acceptors (Lipinski definition) is 6. The van der Waals surface area contributed by atoms with Crippen LogP contribution in [0.1, 0.15) is 36.8 Å². The second-order valence-electron chi connectivity index (χ2n) is 7.15. The molecule has 0 radical (unpaired) electrons. The molecule has 9 heteroatoms. The second kappa shape index (κ2) is 7.41. The van der Waals surface area contributed by atoms with Gasteiger partial charge >= 0.3 is 5.97 Å². The minimum absolute atomic E-state index is 0.0742. The quantitative estimate of drug-likeness (QED) is 0.829. The van der Waals surface area contributed by atoms with Crippen molar-refractivity contribution in [1.29, 1.82) is 0 Å². The van der Waals surface area contributed by atoms with Crippen LogP contribution in [0.3, 0.4) is 0 Å². The number of para-hydroxylation sites is 1. The van der Waals surface area contributed by atoms with Gasteiger partial charge in [-0.2, -0.15) is 10.2 Å². The highest BCUT2D eigenvalue weighted by atomic mass is 16.4. The zero-order chi connectivity index (χ0) is 19.7. The first-order valence-electron chi connectivity index (χ1n) is 9.35. The molecule has 2 aliphatic rings. The molecule has 2 aromatic rings. The highest BCUT2D eigenvalue weighted by Crippen LogP contribution is 2.28. The van der Waals surface area contributed by atoms with E-state index in [0.717, 1.165) is 24.5 Å². The summed E-state index contributed by atoms with van der Waals surface area (Å²) in [6, 6.07) is 8.18. The number of aryl methyl sites for hydroxylation is 1. The molecule has 1 fully saturated rings. The molecule has 1 amide bonds. The van der Waals surface area contributed by atoms with E-state index < -0.39 is 12.0 Å². The number of carboxylic acids is 1. The van der Waals surface area contributed by atoms with Crippen LogP contribution >= 0.6 is 0 Å². The fourth-order valence-corrected chi connectivity index (χ4v) is 3.75. The average molecular weight is 382 g/mol. The van der Waals surface area contributed by atoms with Crippen molar-refractivity contribution < 1.29 is 14.7 Å². The lowest BCUT2D eigenvalue weighted by atomic mass is 9.96. The third-order valence-electron chi connectivity index (χ3n) is 5.15. The van der Waals surface area contributed by atoms with Crippen molar-refractivity contribution in [2.75, 3.05) is 18.1 Å². The summed E-state index contributed by atoms with van der Waals surface area (Å²) in [7, 11) is 0. The number of aromatic amines is 1. The molecule has 3 heterocycles. The van der Waals surface area contributed by atoms with Crippen LogP contribution in [0, 0.1) is 6.92 Å². The largest absolute Gasteiger partial charge is 0.480 e. The summed E-state index contributed by atoms with van der Waals surface area (Å²) in [4.78, 5) is 30.9. The Bertz CT molecular complexity index is 909. The van der Waals surface area contributed by atoms with Crippen molar-refractivity contribution in [3.63, 3.8) is 0 Å². The Morgan fingerprint density at radius 2 is 2.04 bits per heavy atom. The number of hydrogen-bond donors (Lipinski definition) is 2. The molecule has 146 valence electrons. The van der Waals surface area contributed by atoms with Crippen molar-refractivity contribution in [3.8, 4) is 0 Å². The third-order valence-corrected chi connectivity index (χ3v) is 5.15. The number of amides is 1. The van der Waals surface area contributed by atoms with Gasteiger partial charge in [0.2, 0.25) is 0 Å². The Balaban J connectivity index is 1.53. The first-order chi connectivity index (χ1) is 13.5. The van der Waals surface area contributed by atoms with Gasteiger partial charge in [-0.05, 0) is 31.9 Å². The molecule has 2 unspecified atom stereocenters. The summed E-state index contributed by atoms with van der Waals surface area (Å²) in [5.74, 6) is 0.342. The Hall–Kier alpha value is -3.23. The number of hydrazone groups is 1. The molecule has 2 N–H and O–H groups in total. The van der Waals surface area contributed by atoms with Gasteiger partial charge < -0.3 is 10.0 Å². The van der Waals surface area contributed by atoms with Gasteiger partial charge in [0, 0.05) is 25.4 Å². The van der Waals surface area contributed by atoms with Gasteiger partial charge in [0.15, 0.2) is 11.9 Å². The van der Waals surface area contributed by atoms with Crippen LogP contribution < -0.4 is 5.01 Å². The summed E-state index contributed by atoms with van der Waals surface area (Å²) in [5.41, 5.74) is 0.938. The summed E-state index contributed by atoms with van der Waals surface area (Å²) >= 11 is 0. The summed E-state index contributed by atoms with van der Waals surface area (Å²) in [6.07, 6.45) is 1.85. The lowest BCUT2D eigenvalue weighted by Gasteiger charge is -2.31. The van der Waals surface area contributed by atoms with Crippen molar-refractivity contribution in [2.24, 2.45) is 5.10 Å². The van der Waals surface area contributed by atoms with Gasteiger partial charge in [-0.3, -0.25) is 14.9 Å². The molecule has 1 saturated heterocycles. The number of nitrogens with zero attached hydrogens (tertiary/aromatic N) is 5. The minimum Gasteiger partial charge on any atom is -0.480 e. The molecular formula is C19H22N6O3. The number of rotatable bonds is 4. The number of aliphatic carboxylic acids is 1. The molecule has 0 bridgehead atoms. The predicted molar refractivity (Wildman–Crippen MR) is 102 cm³/mol. The van der Waals surface area contributed by atoms with Crippen molar-refractivity contribution >= 4 is 23.3 Å². The van der Waals surface area contributed by atoms with Gasteiger partial charge in [0.1, 0.15) is 11.5 Å². The fraction of sp³-hybridized carbons (Fsp3) is 0.421. The van der Waals surface area contributed by atoms with Crippen molar-refractivity contribution in [1.82, 2.24) is 20.1 Å². The number of carbonyl (C=O) groups excluding carboxylic acids is 1. The predicted octanol–water partition coefficient (Wildman–Crippen LogP) is 1.54. The zero-order valence-electron chi connectivity index (χ0n) is 15.6. The van der Waals surface area contributed by atoms with Gasteiger partial charge in [0.25, 0.3) is 5.91 Å². The monoisotopic (exact) mass is 382 g/mol. The maximum atomic E-state index is 13.1. The smallest absolute Gasteiger partial charge is 0.328 e. The lowest BCUT2D eigenvalue weighted by molar-refractivity contribution is -0.138. The van der Waals surface area contributed by atoms with Crippen molar-refractivity contribution in [3.05, 3.63) is 42.0 Å². The zero-order valence-corrected chi connectivity index (χ0v) is 15.6. The van der Waals surface area contributed by atoms with E-state index >= 15 is 0 Å². The van der Waals surface area contributed by atoms with Gasteiger partial charge in [-0.15, -0.1) is 0 Å². The van der Waals surface area contributed by atoms with Crippen LogP contribution in [0.4, 0.5) is 5.69 Å². The molecule has 1 aromatic carbocycles. The van der Waals surface area contributed by atoms with Gasteiger partial charge in [-0.25, -0.2) is 9.78 Å². The number of anilines is 1. The highest BCUT2D eigenvalue weighted by molar-refractivity contribution is 6.40. The number of aromatic nitrogens is 3. The molecule has 1 aromatic heterocycles. The number of nitrogens with one attached hydrogen (secondary N) is 1. The Labute approximate surface area is 162 Å². The maximum absolute atomic E-state index is 13.1. The molecule has 2 aliphatic heterocycles. The molecule has 9 nitrogen and oxygen atoms in total. The average Bonchev–Trinajstić information content (AvgIpc) is 3.35. The molecular weight excluding hydrogens is 360 g/mol. The molecule has 2 atom stereocenters. The third kappa shape index (κ3) is 3.47. The van der Waals surface area contributed by atoms with E-state index in [-0.39, 0.29) is 24.0 Å². The standard InChI is InChI=1S/C19H22N6O3/c1-12-20-17(22-21-12)13-6-5-9-24(11-13)18(26)15-10-16(19(27)28)25(23-15)14-7-3-2-4-8-14/h2-4,7-8,13,16H,5-6,9-11H2,1H3,(H,27,28)(H,20,21,22). The lowest BCUT2D eigenvalue weighted by Crippen LogP contribution is -2.43. The van der Waals surface area contributed by atoms with E-state index in [1.165, 1.54) is 5.01 Å². The van der Waals surface area contributed by atoms with E-state index in [4.69, 9.17) is 0 Å². The summed E-state index contributed by atoms with van der Waals surface area (Å²) in [6.45, 7) is 2.98. The summed E-state index contributed by atoms with van der Waals surface area (Å²) in [5, 5.41) is 22.5. The Kier molecular flexibility index (Phi) is 4.81. The topological polar surface area (TPSA) is 115 Å². The van der Waals surface area contributed by atoms with E-state index in [9.17, 15) is 14.7 Å². The molecule has 0 spiro atoms. The van der Waals surface area contributed by atoms with Crippen LogP contribution in [0.25, 0.3) is 0 Å². The number of carboxylic acid groups (broad SMARTS) is 1. The van der Waals surface area contributed by atoms with E-state index in [1.54, 1.807) is 17.0 Å². The first kappa shape index (κ1) is 18.1. The fourth-order valence-electron chi connectivity index (χ4n) is 3.75. The first-order valence-corrected chi connectivity index (χ1v) is 9.35.